The molecule has 21 heavy (non-hydrogen) atoms. The van der Waals surface area contributed by atoms with Gasteiger partial charge in [0.1, 0.15) is 5.82 Å². The SMILES string of the molecule is CCNc1cn2ccnc2c(N(C)C(C)c2cccs2)n1. The largest absolute Gasteiger partial charge is 0.369 e. The number of nitrogens with zero attached hydrogens (tertiary/aromatic N) is 4. The zero-order chi connectivity index (χ0) is 14.8. The molecule has 3 heterocycles. The van der Waals surface area contributed by atoms with Gasteiger partial charge in [0.2, 0.25) is 0 Å². The average molecular weight is 301 g/mol. The first kappa shape index (κ1) is 13.9. The topological polar surface area (TPSA) is 45.5 Å². The number of hydrogen-bond donors (Lipinski definition) is 1. The zero-order valence-corrected chi connectivity index (χ0v) is 13.3. The van der Waals surface area contributed by atoms with Crippen molar-refractivity contribution >= 4 is 28.6 Å². The second kappa shape index (κ2) is 5.73. The van der Waals surface area contributed by atoms with E-state index in [1.807, 2.05) is 16.8 Å². The number of aromatic nitrogens is 3. The first-order valence-corrected chi connectivity index (χ1v) is 7.92. The van der Waals surface area contributed by atoms with Crippen LogP contribution in [-0.4, -0.2) is 28.0 Å². The Bertz CT molecular complexity index is 719. The molecule has 0 aliphatic heterocycles. The molecule has 6 heteroatoms. The predicted molar refractivity (Wildman–Crippen MR) is 88.3 cm³/mol. The fraction of sp³-hybridized carbons (Fsp3) is 0.333. The smallest absolute Gasteiger partial charge is 0.180 e. The Kier molecular flexibility index (Phi) is 3.79. The summed E-state index contributed by atoms with van der Waals surface area (Å²) in [6, 6.07) is 4.50. The van der Waals surface area contributed by atoms with Crippen molar-refractivity contribution in [2.24, 2.45) is 0 Å². The average Bonchev–Trinajstić information content (AvgIpc) is 3.16. The van der Waals surface area contributed by atoms with Gasteiger partial charge in [-0.3, -0.25) is 0 Å². The van der Waals surface area contributed by atoms with Gasteiger partial charge in [0.05, 0.1) is 12.2 Å². The Morgan fingerprint density at radius 1 is 1.48 bits per heavy atom. The van der Waals surface area contributed by atoms with Gasteiger partial charge in [0, 0.05) is 30.9 Å². The minimum atomic E-state index is 0.259. The molecule has 1 atom stereocenters. The number of hydrogen-bond acceptors (Lipinski definition) is 5. The normalized spacial score (nSPS) is 12.5. The quantitative estimate of drug-likeness (QED) is 0.784. The van der Waals surface area contributed by atoms with E-state index in [1.165, 1.54) is 4.88 Å². The molecule has 0 saturated carbocycles. The van der Waals surface area contributed by atoms with Gasteiger partial charge < -0.3 is 14.6 Å². The van der Waals surface area contributed by atoms with Crippen LogP contribution in [0.3, 0.4) is 0 Å². The molecule has 1 N–H and O–H groups in total. The van der Waals surface area contributed by atoms with Crippen LogP contribution in [0.4, 0.5) is 11.6 Å². The Labute approximate surface area is 128 Å². The third-order valence-electron chi connectivity index (χ3n) is 3.58. The number of nitrogens with one attached hydrogen (secondary N) is 1. The first-order chi connectivity index (χ1) is 10.2. The molecule has 0 bridgehead atoms. The minimum absolute atomic E-state index is 0.259. The Hall–Kier alpha value is -2.08. The molecule has 3 aromatic heterocycles. The summed E-state index contributed by atoms with van der Waals surface area (Å²) >= 11 is 1.76. The summed E-state index contributed by atoms with van der Waals surface area (Å²) in [7, 11) is 2.07. The second-order valence-electron chi connectivity index (χ2n) is 4.94. The van der Waals surface area contributed by atoms with Crippen LogP contribution in [0.15, 0.2) is 36.1 Å². The molecule has 0 amide bonds. The number of rotatable bonds is 5. The molecule has 3 aromatic rings. The van der Waals surface area contributed by atoms with Crippen molar-refractivity contribution < 1.29 is 0 Å². The molecule has 0 fully saturated rings. The van der Waals surface area contributed by atoms with Crippen LogP contribution in [0.2, 0.25) is 0 Å². The number of anilines is 2. The van der Waals surface area contributed by atoms with Crippen LogP contribution in [0.5, 0.6) is 0 Å². The fourth-order valence-electron chi connectivity index (χ4n) is 2.32. The molecule has 0 radical (unpaired) electrons. The van der Waals surface area contributed by atoms with E-state index in [-0.39, 0.29) is 6.04 Å². The lowest BCUT2D eigenvalue weighted by molar-refractivity contribution is 0.742. The minimum Gasteiger partial charge on any atom is -0.369 e. The number of imidazole rings is 1. The van der Waals surface area contributed by atoms with Crippen molar-refractivity contribution in [3.05, 3.63) is 41.0 Å². The van der Waals surface area contributed by atoms with Gasteiger partial charge in [-0.25, -0.2) is 9.97 Å². The van der Waals surface area contributed by atoms with Crippen LogP contribution in [0, 0.1) is 0 Å². The highest BCUT2D eigenvalue weighted by molar-refractivity contribution is 7.10. The second-order valence-corrected chi connectivity index (χ2v) is 5.92. The van der Waals surface area contributed by atoms with Crippen LogP contribution >= 0.6 is 11.3 Å². The molecule has 0 spiro atoms. The summed E-state index contributed by atoms with van der Waals surface area (Å²) in [6.07, 6.45) is 5.73. The maximum absolute atomic E-state index is 4.73. The van der Waals surface area contributed by atoms with Gasteiger partial charge in [0.15, 0.2) is 11.5 Å². The predicted octanol–water partition coefficient (Wildman–Crippen LogP) is 3.42. The van der Waals surface area contributed by atoms with Gasteiger partial charge in [-0.05, 0) is 25.3 Å². The standard InChI is InChI=1S/C15H19N5S/c1-4-16-13-10-20-8-7-17-14(20)15(18-13)19(3)11(2)12-6-5-9-21-12/h5-11,16H,4H2,1-3H3. The van der Waals surface area contributed by atoms with Crippen molar-refractivity contribution in [3.8, 4) is 0 Å². The molecular weight excluding hydrogens is 282 g/mol. The van der Waals surface area contributed by atoms with E-state index >= 15 is 0 Å². The lowest BCUT2D eigenvalue weighted by Crippen LogP contribution is -2.23. The molecule has 0 aliphatic rings. The van der Waals surface area contributed by atoms with E-state index in [0.29, 0.717) is 0 Å². The Balaban J connectivity index is 2.03. The van der Waals surface area contributed by atoms with Crippen molar-refractivity contribution in [1.82, 2.24) is 14.4 Å². The third kappa shape index (κ3) is 2.58. The van der Waals surface area contributed by atoms with E-state index < -0.39 is 0 Å². The fourth-order valence-corrected chi connectivity index (χ4v) is 3.15. The molecule has 0 aliphatic carbocycles. The maximum atomic E-state index is 4.73. The van der Waals surface area contributed by atoms with Crippen LogP contribution in [0.25, 0.3) is 5.65 Å². The van der Waals surface area contributed by atoms with Crippen LogP contribution in [-0.2, 0) is 0 Å². The van der Waals surface area contributed by atoms with Gasteiger partial charge in [-0.15, -0.1) is 11.3 Å². The van der Waals surface area contributed by atoms with Gasteiger partial charge in [-0.2, -0.15) is 0 Å². The summed E-state index contributed by atoms with van der Waals surface area (Å²) < 4.78 is 2.01. The van der Waals surface area contributed by atoms with E-state index in [9.17, 15) is 0 Å². The number of thiophene rings is 1. The Morgan fingerprint density at radius 2 is 2.33 bits per heavy atom. The van der Waals surface area contributed by atoms with Crippen molar-refractivity contribution in [2.45, 2.75) is 19.9 Å². The van der Waals surface area contributed by atoms with Gasteiger partial charge >= 0.3 is 0 Å². The highest BCUT2D eigenvalue weighted by Gasteiger charge is 2.18. The first-order valence-electron chi connectivity index (χ1n) is 7.04. The van der Waals surface area contributed by atoms with Gasteiger partial charge in [-0.1, -0.05) is 6.07 Å². The molecule has 0 aromatic carbocycles. The Morgan fingerprint density at radius 3 is 3.05 bits per heavy atom. The molecule has 110 valence electrons. The lowest BCUT2D eigenvalue weighted by Gasteiger charge is -2.26. The van der Waals surface area contributed by atoms with Crippen molar-refractivity contribution in [1.29, 1.82) is 0 Å². The molecule has 0 saturated heterocycles. The van der Waals surface area contributed by atoms with E-state index in [0.717, 1.165) is 23.8 Å². The highest BCUT2D eigenvalue weighted by atomic mass is 32.1. The monoisotopic (exact) mass is 301 g/mol. The van der Waals surface area contributed by atoms with Crippen LogP contribution < -0.4 is 10.2 Å². The highest BCUT2D eigenvalue weighted by Crippen LogP contribution is 2.29. The zero-order valence-electron chi connectivity index (χ0n) is 12.4. The van der Waals surface area contributed by atoms with Crippen LogP contribution in [0.1, 0.15) is 24.8 Å². The summed E-state index contributed by atoms with van der Waals surface area (Å²) in [5.41, 5.74) is 0.877. The lowest BCUT2D eigenvalue weighted by atomic mass is 10.2. The number of fused-ring (bicyclic) bond motifs is 1. The summed E-state index contributed by atoms with van der Waals surface area (Å²) in [4.78, 5) is 12.7. The molecule has 1 unspecified atom stereocenters. The summed E-state index contributed by atoms with van der Waals surface area (Å²) in [5.74, 6) is 1.75. The maximum Gasteiger partial charge on any atom is 0.180 e. The summed E-state index contributed by atoms with van der Waals surface area (Å²) in [5, 5.41) is 5.38. The third-order valence-corrected chi connectivity index (χ3v) is 4.63. The van der Waals surface area contributed by atoms with E-state index in [4.69, 9.17) is 4.98 Å². The van der Waals surface area contributed by atoms with Gasteiger partial charge in [0.25, 0.3) is 0 Å². The van der Waals surface area contributed by atoms with Crippen molar-refractivity contribution in [2.75, 3.05) is 23.8 Å². The van der Waals surface area contributed by atoms with Crippen molar-refractivity contribution in [3.63, 3.8) is 0 Å². The molecular formula is C15H19N5S. The van der Waals surface area contributed by atoms with E-state index in [1.54, 1.807) is 17.5 Å². The molecule has 3 rings (SSSR count). The molecule has 5 nitrogen and oxygen atoms in total. The summed E-state index contributed by atoms with van der Waals surface area (Å²) in [6.45, 7) is 5.10. The van der Waals surface area contributed by atoms with E-state index in [2.05, 4.69) is 53.6 Å².